The van der Waals surface area contributed by atoms with Gasteiger partial charge in [-0.25, -0.2) is 0 Å². The van der Waals surface area contributed by atoms with E-state index in [-0.39, 0.29) is 0 Å². The van der Waals surface area contributed by atoms with Gasteiger partial charge in [-0.05, 0) is 26.3 Å². The summed E-state index contributed by atoms with van der Waals surface area (Å²) in [4.78, 5) is 2.41. The van der Waals surface area contributed by atoms with E-state index in [0.717, 1.165) is 39.1 Å². The monoisotopic (exact) mass is 247 g/mol. The van der Waals surface area contributed by atoms with Gasteiger partial charge in [0.1, 0.15) is 0 Å². The number of hydrogen-bond donors (Lipinski definition) is 1. The van der Waals surface area contributed by atoms with Crippen molar-refractivity contribution in [3.63, 3.8) is 0 Å². The van der Waals surface area contributed by atoms with E-state index >= 15 is 0 Å². The van der Waals surface area contributed by atoms with Crippen LogP contribution >= 0.6 is 0 Å². The van der Waals surface area contributed by atoms with E-state index in [0.29, 0.717) is 12.6 Å². The van der Waals surface area contributed by atoms with E-state index in [1.807, 2.05) is 0 Å². The Labute approximate surface area is 106 Å². The summed E-state index contributed by atoms with van der Waals surface area (Å²) in [6, 6.07) is 0.438. The van der Waals surface area contributed by atoms with Crippen LogP contribution in [0.25, 0.3) is 0 Å². The minimum absolute atomic E-state index is 0.313. The van der Waals surface area contributed by atoms with Crippen LogP contribution in [0.15, 0.2) is 0 Å². The predicted octanol–water partition coefficient (Wildman–Crippen LogP) is 1.52. The molecule has 0 aromatic carbocycles. The molecule has 0 aliphatic heterocycles. The topological polar surface area (TPSA) is 41.9 Å². The molecule has 0 bridgehead atoms. The Bertz CT molecular complexity index is 156. The van der Waals surface area contributed by atoms with E-state index in [1.54, 1.807) is 14.2 Å². The second kappa shape index (κ2) is 12.3. The number of ether oxygens (including phenoxy) is 2. The molecule has 1 N–H and O–H groups in total. The average Bonchev–Trinajstić information content (AvgIpc) is 2.33. The van der Waals surface area contributed by atoms with Gasteiger partial charge in [-0.15, -0.1) is 0 Å². The Balaban J connectivity index is 3.75. The van der Waals surface area contributed by atoms with Crippen molar-refractivity contribution in [2.24, 2.45) is 0 Å². The number of unbranched alkanes of at least 4 members (excludes halogenated alkanes) is 3. The maximum absolute atomic E-state index is 8.71. The first-order chi connectivity index (χ1) is 8.26. The number of nitrogens with zero attached hydrogens (tertiary/aromatic N) is 1. The molecule has 0 spiro atoms. The average molecular weight is 247 g/mol. The standard InChI is InChI=1S/C13H29NO3/c1-13(12-17-3)14(9-11-16-2)8-6-4-5-7-10-15/h13,15H,4-12H2,1-3H3. The lowest BCUT2D eigenvalue weighted by atomic mass is 10.2. The third kappa shape index (κ3) is 9.53. The van der Waals surface area contributed by atoms with Gasteiger partial charge in [0.2, 0.25) is 0 Å². The van der Waals surface area contributed by atoms with Gasteiger partial charge in [-0.2, -0.15) is 0 Å². The minimum Gasteiger partial charge on any atom is -0.396 e. The quantitative estimate of drug-likeness (QED) is 0.531. The van der Waals surface area contributed by atoms with Crippen molar-refractivity contribution in [3.05, 3.63) is 0 Å². The molecule has 17 heavy (non-hydrogen) atoms. The highest BCUT2D eigenvalue weighted by atomic mass is 16.5. The van der Waals surface area contributed by atoms with Gasteiger partial charge in [-0.1, -0.05) is 12.8 Å². The third-order valence-corrected chi connectivity index (χ3v) is 2.97. The Hall–Kier alpha value is -0.160. The fraction of sp³-hybridized carbons (Fsp3) is 1.00. The van der Waals surface area contributed by atoms with Crippen LogP contribution in [-0.4, -0.2) is 63.2 Å². The summed E-state index contributed by atoms with van der Waals surface area (Å²) in [5, 5.41) is 8.71. The van der Waals surface area contributed by atoms with Crippen LogP contribution in [0.5, 0.6) is 0 Å². The van der Waals surface area contributed by atoms with Crippen molar-refractivity contribution in [1.29, 1.82) is 0 Å². The number of methoxy groups -OCH3 is 2. The first-order valence-electron chi connectivity index (χ1n) is 6.59. The fourth-order valence-electron chi connectivity index (χ4n) is 1.89. The zero-order chi connectivity index (χ0) is 12.9. The SMILES string of the molecule is COCCN(CCCCCCO)C(C)COC. The molecule has 0 heterocycles. The van der Waals surface area contributed by atoms with Gasteiger partial charge in [0.15, 0.2) is 0 Å². The van der Waals surface area contributed by atoms with E-state index in [9.17, 15) is 0 Å². The minimum atomic E-state index is 0.313. The van der Waals surface area contributed by atoms with Crippen molar-refractivity contribution < 1.29 is 14.6 Å². The van der Waals surface area contributed by atoms with Crippen LogP contribution in [0.3, 0.4) is 0 Å². The fourth-order valence-corrected chi connectivity index (χ4v) is 1.89. The molecule has 0 aromatic rings. The smallest absolute Gasteiger partial charge is 0.0615 e. The van der Waals surface area contributed by atoms with Gasteiger partial charge in [-0.3, -0.25) is 4.90 Å². The van der Waals surface area contributed by atoms with E-state index in [1.165, 1.54) is 12.8 Å². The number of aliphatic hydroxyl groups excluding tert-OH is 1. The Morgan fingerprint density at radius 1 is 1.00 bits per heavy atom. The molecular weight excluding hydrogens is 218 g/mol. The molecule has 0 fully saturated rings. The molecule has 0 aliphatic rings. The van der Waals surface area contributed by atoms with Crippen LogP contribution in [0.2, 0.25) is 0 Å². The lowest BCUT2D eigenvalue weighted by Crippen LogP contribution is -2.39. The highest BCUT2D eigenvalue weighted by molar-refractivity contribution is 4.66. The first-order valence-corrected chi connectivity index (χ1v) is 6.59. The normalized spacial score (nSPS) is 13.2. The molecule has 0 amide bonds. The zero-order valence-electron chi connectivity index (χ0n) is 11.7. The molecule has 0 aromatic heterocycles. The molecule has 4 nitrogen and oxygen atoms in total. The molecule has 1 unspecified atom stereocenters. The zero-order valence-corrected chi connectivity index (χ0v) is 11.7. The van der Waals surface area contributed by atoms with Gasteiger partial charge in [0.05, 0.1) is 13.2 Å². The molecule has 4 heteroatoms. The van der Waals surface area contributed by atoms with Crippen molar-refractivity contribution in [2.75, 3.05) is 47.1 Å². The Morgan fingerprint density at radius 3 is 2.29 bits per heavy atom. The van der Waals surface area contributed by atoms with Crippen molar-refractivity contribution >= 4 is 0 Å². The second-order valence-corrected chi connectivity index (χ2v) is 4.47. The number of aliphatic hydroxyl groups is 1. The lowest BCUT2D eigenvalue weighted by Gasteiger charge is -2.28. The van der Waals surface area contributed by atoms with E-state index in [4.69, 9.17) is 14.6 Å². The van der Waals surface area contributed by atoms with Gasteiger partial charge in [0, 0.05) is 33.4 Å². The second-order valence-electron chi connectivity index (χ2n) is 4.47. The van der Waals surface area contributed by atoms with Crippen LogP contribution in [0.1, 0.15) is 32.6 Å². The molecule has 0 rings (SSSR count). The van der Waals surface area contributed by atoms with Gasteiger partial charge >= 0.3 is 0 Å². The Morgan fingerprint density at radius 2 is 1.71 bits per heavy atom. The summed E-state index contributed by atoms with van der Waals surface area (Å²) in [6.07, 6.45) is 4.40. The summed E-state index contributed by atoms with van der Waals surface area (Å²) < 4.78 is 10.3. The molecule has 0 saturated carbocycles. The maximum atomic E-state index is 8.71. The first kappa shape index (κ1) is 16.8. The molecule has 0 aliphatic carbocycles. The van der Waals surface area contributed by atoms with Crippen LogP contribution in [-0.2, 0) is 9.47 Å². The summed E-state index contributed by atoms with van der Waals surface area (Å²) in [5.41, 5.74) is 0. The highest BCUT2D eigenvalue weighted by Crippen LogP contribution is 2.05. The number of hydrogen-bond acceptors (Lipinski definition) is 4. The molecular formula is C13H29NO3. The summed E-state index contributed by atoms with van der Waals surface area (Å²) in [7, 11) is 3.48. The lowest BCUT2D eigenvalue weighted by molar-refractivity contribution is 0.0739. The van der Waals surface area contributed by atoms with Gasteiger partial charge in [0.25, 0.3) is 0 Å². The molecule has 104 valence electrons. The summed E-state index contributed by atoms with van der Waals surface area (Å²) in [6.45, 7) is 6.08. The largest absolute Gasteiger partial charge is 0.396 e. The molecule has 1 atom stereocenters. The van der Waals surface area contributed by atoms with Crippen LogP contribution in [0.4, 0.5) is 0 Å². The molecule has 0 saturated heterocycles. The predicted molar refractivity (Wildman–Crippen MR) is 70.3 cm³/mol. The summed E-state index contributed by atoms with van der Waals surface area (Å²) >= 11 is 0. The Kier molecular flexibility index (Phi) is 12.2. The van der Waals surface area contributed by atoms with Crippen molar-refractivity contribution in [1.82, 2.24) is 4.90 Å². The van der Waals surface area contributed by atoms with E-state index < -0.39 is 0 Å². The summed E-state index contributed by atoms with van der Waals surface area (Å²) in [5.74, 6) is 0. The van der Waals surface area contributed by atoms with Crippen molar-refractivity contribution in [2.45, 2.75) is 38.6 Å². The maximum Gasteiger partial charge on any atom is 0.0615 e. The highest BCUT2D eigenvalue weighted by Gasteiger charge is 2.12. The van der Waals surface area contributed by atoms with E-state index in [2.05, 4.69) is 11.8 Å². The van der Waals surface area contributed by atoms with Crippen molar-refractivity contribution in [3.8, 4) is 0 Å². The van der Waals surface area contributed by atoms with Crippen LogP contribution < -0.4 is 0 Å². The third-order valence-electron chi connectivity index (χ3n) is 2.97. The number of rotatable bonds is 12. The van der Waals surface area contributed by atoms with Crippen LogP contribution in [0, 0.1) is 0 Å². The molecule has 0 radical (unpaired) electrons. The van der Waals surface area contributed by atoms with Gasteiger partial charge < -0.3 is 14.6 Å².